The smallest absolute Gasteiger partial charge is 0.00191 e. The van der Waals surface area contributed by atoms with Crippen molar-refractivity contribution in [2.75, 3.05) is 33.2 Å². The Hall–Kier alpha value is -0.0800. The van der Waals surface area contributed by atoms with Gasteiger partial charge in [-0.15, -0.1) is 0 Å². The van der Waals surface area contributed by atoms with Crippen LogP contribution < -0.4 is 5.32 Å². The molecule has 1 rings (SSSR count). The zero-order chi connectivity index (χ0) is 11.1. The Bertz CT molecular complexity index is 153. The number of hydrogen-bond donors (Lipinski definition) is 1. The zero-order valence-electron chi connectivity index (χ0n) is 10.8. The van der Waals surface area contributed by atoms with Crippen LogP contribution in [0.4, 0.5) is 0 Å². The Morgan fingerprint density at radius 3 is 2.53 bits per heavy atom. The summed E-state index contributed by atoms with van der Waals surface area (Å²) in [5.41, 5.74) is 0. The Balaban J connectivity index is 2.13. The molecule has 15 heavy (non-hydrogen) atoms. The lowest BCUT2D eigenvalue weighted by atomic mass is 9.84. The second-order valence-electron chi connectivity index (χ2n) is 5.16. The van der Waals surface area contributed by atoms with Gasteiger partial charge in [0.2, 0.25) is 0 Å². The van der Waals surface area contributed by atoms with Crippen molar-refractivity contribution in [2.45, 2.75) is 39.5 Å². The van der Waals surface area contributed by atoms with E-state index in [1.54, 1.807) is 0 Å². The molecule has 0 aliphatic carbocycles. The summed E-state index contributed by atoms with van der Waals surface area (Å²) in [4.78, 5) is 2.47. The molecule has 0 aromatic heterocycles. The molecule has 0 aromatic carbocycles. The fourth-order valence-corrected chi connectivity index (χ4v) is 2.57. The van der Waals surface area contributed by atoms with Crippen LogP contribution in [-0.2, 0) is 0 Å². The molecule has 1 fully saturated rings. The van der Waals surface area contributed by atoms with Gasteiger partial charge < -0.3 is 10.2 Å². The van der Waals surface area contributed by atoms with Crippen molar-refractivity contribution in [1.82, 2.24) is 10.2 Å². The number of piperidine rings is 1. The largest absolute Gasteiger partial charge is 0.317 e. The Morgan fingerprint density at radius 1 is 1.27 bits per heavy atom. The monoisotopic (exact) mass is 212 g/mol. The number of nitrogens with one attached hydrogen (secondary N) is 1. The highest BCUT2D eigenvalue weighted by Gasteiger charge is 2.19. The average molecular weight is 212 g/mol. The maximum absolute atomic E-state index is 3.44. The first-order chi connectivity index (χ1) is 7.24. The minimum atomic E-state index is 0.909. The van der Waals surface area contributed by atoms with Gasteiger partial charge in [0.25, 0.3) is 0 Å². The van der Waals surface area contributed by atoms with Crippen LogP contribution in [0.3, 0.4) is 0 Å². The predicted molar refractivity (Wildman–Crippen MR) is 67.2 cm³/mol. The molecule has 2 heteroatoms. The molecule has 1 unspecified atom stereocenters. The molecule has 0 amide bonds. The van der Waals surface area contributed by atoms with Gasteiger partial charge in [-0.2, -0.15) is 0 Å². The van der Waals surface area contributed by atoms with Crippen LogP contribution in [0, 0.1) is 11.8 Å². The molecule has 1 N–H and O–H groups in total. The first kappa shape index (κ1) is 13.0. The molecular formula is C13H28N2. The first-order valence-corrected chi connectivity index (χ1v) is 6.63. The molecule has 0 bridgehead atoms. The summed E-state index contributed by atoms with van der Waals surface area (Å²) in [6, 6.07) is 0. The Kier molecular flexibility index (Phi) is 6.26. The van der Waals surface area contributed by atoms with E-state index in [1.807, 2.05) is 0 Å². The fraction of sp³-hybridized carbons (Fsp3) is 1.00. The standard InChI is InChI=1S/C13H28N2/c1-4-10-15(3)11-7-12(2)13-5-8-14-9-6-13/h12-14H,4-11H2,1-3H3. The summed E-state index contributed by atoms with van der Waals surface area (Å²) in [6.07, 6.45) is 5.43. The van der Waals surface area contributed by atoms with E-state index in [-0.39, 0.29) is 0 Å². The van der Waals surface area contributed by atoms with E-state index in [1.165, 1.54) is 51.9 Å². The Labute approximate surface area is 95.4 Å². The van der Waals surface area contributed by atoms with Gasteiger partial charge in [-0.25, -0.2) is 0 Å². The maximum Gasteiger partial charge on any atom is -0.00191 e. The molecule has 90 valence electrons. The predicted octanol–water partition coefficient (Wildman–Crippen LogP) is 2.35. The molecule has 1 saturated heterocycles. The third kappa shape index (κ3) is 4.98. The van der Waals surface area contributed by atoms with Crippen LogP contribution in [0.2, 0.25) is 0 Å². The number of hydrogen-bond acceptors (Lipinski definition) is 2. The van der Waals surface area contributed by atoms with Gasteiger partial charge in [0, 0.05) is 0 Å². The average Bonchev–Trinajstić information content (AvgIpc) is 2.27. The molecule has 0 saturated carbocycles. The summed E-state index contributed by atoms with van der Waals surface area (Å²) in [5.74, 6) is 1.88. The van der Waals surface area contributed by atoms with Crippen LogP contribution in [0.15, 0.2) is 0 Å². The van der Waals surface area contributed by atoms with E-state index in [4.69, 9.17) is 0 Å². The van der Waals surface area contributed by atoms with Gasteiger partial charge in [-0.1, -0.05) is 13.8 Å². The highest BCUT2D eigenvalue weighted by Crippen LogP contribution is 2.24. The first-order valence-electron chi connectivity index (χ1n) is 6.63. The second-order valence-corrected chi connectivity index (χ2v) is 5.16. The van der Waals surface area contributed by atoms with Crippen molar-refractivity contribution in [3.05, 3.63) is 0 Å². The zero-order valence-corrected chi connectivity index (χ0v) is 10.8. The second kappa shape index (κ2) is 7.24. The van der Waals surface area contributed by atoms with Crippen LogP contribution >= 0.6 is 0 Å². The molecule has 0 spiro atoms. The van der Waals surface area contributed by atoms with E-state index in [0.29, 0.717) is 0 Å². The van der Waals surface area contributed by atoms with Gasteiger partial charge in [0.15, 0.2) is 0 Å². The topological polar surface area (TPSA) is 15.3 Å². The number of nitrogens with zero attached hydrogens (tertiary/aromatic N) is 1. The van der Waals surface area contributed by atoms with Crippen molar-refractivity contribution in [3.8, 4) is 0 Å². The summed E-state index contributed by atoms with van der Waals surface area (Å²) in [6.45, 7) is 9.69. The van der Waals surface area contributed by atoms with E-state index < -0.39 is 0 Å². The molecule has 2 nitrogen and oxygen atoms in total. The van der Waals surface area contributed by atoms with Gasteiger partial charge in [-0.05, 0) is 70.7 Å². The molecule has 1 aliphatic rings. The normalized spacial score (nSPS) is 20.8. The lowest BCUT2D eigenvalue weighted by molar-refractivity contribution is 0.229. The van der Waals surface area contributed by atoms with Crippen molar-refractivity contribution in [1.29, 1.82) is 0 Å². The number of rotatable bonds is 6. The SMILES string of the molecule is CCCN(C)CCC(C)C1CCNCC1. The third-order valence-electron chi connectivity index (χ3n) is 3.76. The van der Waals surface area contributed by atoms with Gasteiger partial charge in [-0.3, -0.25) is 0 Å². The molecule has 1 atom stereocenters. The maximum atomic E-state index is 3.44. The van der Waals surface area contributed by atoms with E-state index >= 15 is 0 Å². The minimum Gasteiger partial charge on any atom is -0.317 e. The minimum absolute atomic E-state index is 0.909. The fourth-order valence-electron chi connectivity index (χ4n) is 2.57. The van der Waals surface area contributed by atoms with E-state index in [2.05, 4.69) is 31.1 Å². The molecule has 1 aliphatic heterocycles. The highest BCUT2D eigenvalue weighted by atomic mass is 15.1. The van der Waals surface area contributed by atoms with E-state index in [0.717, 1.165) is 11.8 Å². The van der Waals surface area contributed by atoms with Gasteiger partial charge in [0.1, 0.15) is 0 Å². The molecule has 0 aromatic rings. The quantitative estimate of drug-likeness (QED) is 0.727. The van der Waals surface area contributed by atoms with Crippen molar-refractivity contribution in [2.24, 2.45) is 11.8 Å². The van der Waals surface area contributed by atoms with Gasteiger partial charge in [0.05, 0.1) is 0 Å². The van der Waals surface area contributed by atoms with Crippen molar-refractivity contribution in [3.63, 3.8) is 0 Å². The van der Waals surface area contributed by atoms with Crippen LogP contribution in [0.5, 0.6) is 0 Å². The van der Waals surface area contributed by atoms with Crippen LogP contribution in [0.25, 0.3) is 0 Å². The summed E-state index contributed by atoms with van der Waals surface area (Å²) < 4.78 is 0. The summed E-state index contributed by atoms with van der Waals surface area (Å²) in [5, 5.41) is 3.44. The van der Waals surface area contributed by atoms with Crippen LogP contribution in [0.1, 0.15) is 39.5 Å². The van der Waals surface area contributed by atoms with Crippen molar-refractivity contribution >= 4 is 0 Å². The summed E-state index contributed by atoms with van der Waals surface area (Å²) in [7, 11) is 2.25. The lowest BCUT2D eigenvalue weighted by Crippen LogP contribution is -2.32. The van der Waals surface area contributed by atoms with Gasteiger partial charge >= 0.3 is 0 Å². The summed E-state index contributed by atoms with van der Waals surface area (Å²) >= 11 is 0. The lowest BCUT2D eigenvalue weighted by Gasteiger charge is -2.29. The molecular weight excluding hydrogens is 184 g/mol. The third-order valence-corrected chi connectivity index (χ3v) is 3.76. The molecule has 0 radical (unpaired) electrons. The van der Waals surface area contributed by atoms with Crippen molar-refractivity contribution < 1.29 is 0 Å². The molecule has 1 heterocycles. The Morgan fingerprint density at radius 2 is 1.93 bits per heavy atom. The highest BCUT2D eigenvalue weighted by molar-refractivity contribution is 4.74. The van der Waals surface area contributed by atoms with Crippen LogP contribution in [-0.4, -0.2) is 38.1 Å². The van der Waals surface area contributed by atoms with E-state index in [9.17, 15) is 0 Å².